The minimum atomic E-state index is -0.491. The van der Waals surface area contributed by atoms with Crippen molar-refractivity contribution in [2.75, 3.05) is 11.9 Å². The van der Waals surface area contributed by atoms with Crippen LogP contribution in [0.15, 0.2) is 24.3 Å². The van der Waals surface area contributed by atoms with Crippen LogP contribution in [0.4, 0.5) is 10.5 Å². The van der Waals surface area contributed by atoms with Crippen LogP contribution in [-0.2, 0) is 0 Å². The molecule has 5 heteroatoms. The van der Waals surface area contributed by atoms with Crippen LogP contribution in [0.25, 0.3) is 0 Å². The van der Waals surface area contributed by atoms with E-state index in [4.69, 9.17) is 11.6 Å². The van der Waals surface area contributed by atoms with Crippen LogP contribution in [0.3, 0.4) is 0 Å². The van der Waals surface area contributed by atoms with Crippen molar-refractivity contribution in [1.82, 2.24) is 5.32 Å². The zero-order valence-corrected chi connectivity index (χ0v) is 12.4. The fourth-order valence-electron chi connectivity index (χ4n) is 2.61. The van der Waals surface area contributed by atoms with Gasteiger partial charge < -0.3 is 15.7 Å². The molecule has 1 fully saturated rings. The Bertz CT molecular complexity index is 471. The summed E-state index contributed by atoms with van der Waals surface area (Å²) in [6.07, 6.45) is 3.68. The predicted octanol–water partition coefficient (Wildman–Crippen LogP) is 3.40. The summed E-state index contributed by atoms with van der Waals surface area (Å²) in [7, 11) is 0. The molecule has 1 aromatic rings. The van der Waals surface area contributed by atoms with Gasteiger partial charge in [-0.1, -0.05) is 24.6 Å². The van der Waals surface area contributed by atoms with Gasteiger partial charge in [0.2, 0.25) is 0 Å². The van der Waals surface area contributed by atoms with E-state index >= 15 is 0 Å². The average molecular weight is 297 g/mol. The van der Waals surface area contributed by atoms with Gasteiger partial charge >= 0.3 is 6.03 Å². The van der Waals surface area contributed by atoms with Crippen LogP contribution < -0.4 is 10.6 Å². The Hall–Kier alpha value is -1.26. The molecule has 110 valence electrons. The van der Waals surface area contributed by atoms with E-state index in [1.54, 1.807) is 24.3 Å². The highest BCUT2D eigenvalue weighted by atomic mass is 35.5. The van der Waals surface area contributed by atoms with Crippen molar-refractivity contribution in [3.05, 3.63) is 29.3 Å². The van der Waals surface area contributed by atoms with Crippen LogP contribution in [0.1, 0.15) is 32.6 Å². The molecule has 3 N–H and O–H groups in total. The number of aliphatic hydroxyl groups is 1. The molecule has 0 heterocycles. The van der Waals surface area contributed by atoms with Gasteiger partial charge in [-0.05, 0) is 49.8 Å². The molecular formula is C15H21ClN2O2. The van der Waals surface area contributed by atoms with E-state index < -0.39 is 5.54 Å². The molecule has 1 aliphatic carbocycles. The second-order valence-corrected chi connectivity index (χ2v) is 6.15. The normalized spacial score (nSPS) is 26.1. The summed E-state index contributed by atoms with van der Waals surface area (Å²) in [4.78, 5) is 12.1. The van der Waals surface area contributed by atoms with Gasteiger partial charge in [-0.15, -0.1) is 0 Å². The van der Waals surface area contributed by atoms with Gasteiger partial charge in [-0.2, -0.15) is 0 Å². The third-order valence-electron chi connectivity index (χ3n) is 4.00. The Morgan fingerprint density at radius 2 is 2.15 bits per heavy atom. The number of hydrogen-bond donors (Lipinski definition) is 3. The molecule has 0 atom stereocenters. The molecule has 0 saturated heterocycles. The number of carbonyl (C=O) groups is 1. The summed E-state index contributed by atoms with van der Waals surface area (Å²) in [5, 5.41) is 15.9. The summed E-state index contributed by atoms with van der Waals surface area (Å²) >= 11 is 5.88. The number of urea groups is 1. The molecule has 0 bridgehead atoms. The lowest BCUT2D eigenvalue weighted by Gasteiger charge is -2.38. The van der Waals surface area contributed by atoms with Gasteiger partial charge in [0.1, 0.15) is 0 Å². The maximum atomic E-state index is 12.1. The number of benzene rings is 1. The topological polar surface area (TPSA) is 61.4 Å². The van der Waals surface area contributed by atoms with Crippen molar-refractivity contribution in [2.24, 2.45) is 5.92 Å². The number of carbonyl (C=O) groups excluding carboxylic acids is 1. The highest BCUT2D eigenvalue weighted by molar-refractivity contribution is 6.30. The lowest BCUT2D eigenvalue weighted by Crippen LogP contribution is -2.54. The molecule has 1 aromatic carbocycles. The van der Waals surface area contributed by atoms with Crippen molar-refractivity contribution in [2.45, 2.75) is 38.1 Å². The number of rotatable bonds is 3. The zero-order valence-electron chi connectivity index (χ0n) is 11.7. The standard InChI is InChI=1S/C15H21ClN2O2/c1-11-5-7-15(10-19,8-6-11)18-14(20)17-13-4-2-3-12(16)9-13/h2-4,9,11,19H,5-8,10H2,1H3,(H2,17,18,20). The van der Waals surface area contributed by atoms with Crippen LogP contribution in [-0.4, -0.2) is 23.3 Å². The number of anilines is 1. The van der Waals surface area contributed by atoms with E-state index in [1.807, 2.05) is 0 Å². The number of aliphatic hydroxyl groups excluding tert-OH is 1. The van der Waals surface area contributed by atoms with Gasteiger partial charge in [0.25, 0.3) is 0 Å². The molecule has 0 unspecified atom stereocenters. The fraction of sp³-hybridized carbons (Fsp3) is 0.533. The van der Waals surface area contributed by atoms with Crippen molar-refractivity contribution in [3.8, 4) is 0 Å². The Balaban J connectivity index is 1.96. The summed E-state index contributed by atoms with van der Waals surface area (Å²) in [5.74, 6) is 0.660. The van der Waals surface area contributed by atoms with Crippen LogP contribution in [0.2, 0.25) is 5.02 Å². The number of amides is 2. The Morgan fingerprint density at radius 3 is 2.75 bits per heavy atom. The molecule has 0 radical (unpaired) electrons. The molecule has 20 heavy (non-hydrogen) atoms. The zero-order chi connectivity index (χ0) is 14.6. The summed E-state index contributed by atoms with van der Waals surface area (Å²) < 4.78 is 0. The van der Waals surface area contributed by atoms with Gasteiger partial charge in [0, 0.05) is 10.7 Å². The van der Waals surface area contributed by atoms with E-state index in [-0.39, 0.29) is 12.6 Å². The Kier molecular flexibility index (Phi) is 4.89. The molecule has 0 spiro atoms. The fourth-order valence-corrected chi connectivity index (χ4v) is 2.80. The third-order valence-corrected chi connectivity index (χ3v) is 4.23. The van der Waals surface area contributed by atoms with Crippen molar-refractivity contribution in [3.63, 3.8) is 0 Å². The van der Waals surface area contributed by atoms with E-state index in [2.05, 4.69) is 17.6 Å². The third kappa shape index (κ3) is 3.87. The molecule has 2 rings (SSSR count). The summed E-state index contributed by atoms with van der Waals surface area (Å²) in [5.41, 5.74) is 0.155. The summed E-state index contributed by atoms with van der Waals surface area (Å²) in [6, 6.07) is 6.70. The monoisotopic (exact) mass is 296 g/mol. The smallest absolute Gasteiger partial charge is 0.319 e. The van der Waals surface area contributed by atoms with Gasteiger partial charge in [0.15, 0.2) is 0 Å². The molecule has 1 aliphatic rings. The lowest BCUT2D eigenvalue weighted by molar-refractivity contribution is 0.113. The molecule has 1 saturated carbocycles. The summed E-state index contributed by atoms with van der Waals surface area (Å²) in [6.45, 7) is 2.18. The van der Waals surface area contributed by atoms with E-state index in [1.165, 1.54) is 0 Å². The lowest BCUT2D eigenvalue weighted by atomic mass is 9.77. The molecule has 2 amide bonds. The molecule has 0 aromatic heterocycles. The number of hydrogen-bond acceptors (Lipinski definition) is 2. The van der Waals surface area contributed by atoms with Gasteiger partial charge in [-0.3, -0.25) is 0 Å². The maximum Gasteiger partial charge on any atom is 0.319 e. The minimum absolute atomic E-state index is 0.0251. The van der Waals surface area contributed by atoms with E-state index in [9.17, 15) is 9.90 Å². The quantitative estimate of drug-likeness (QED) is 0.800. The van der Waals surface area contributed by atoms with E-state index in [0.717, 1.165) is 25.7 Å². The van der Waals surface area contributed by atoms with Crippen LogP contribution in [0.5, 0.6) is 0 Å². The van der Waals surface area contributed by atoms with Crippen LogP contribution in [0, 0.1) is 5.92 Å². The SMILES string of the molecule is CC1CCC(CO)(NC(=O)Nc2cccc(Cl)c2)CC1. The first-order chi connectivity index (χ1) is 9.53. The minimum Gasteiger partial charge on any atom is -0.394 e. The Labute approximate surface area is 124 Å². The van der Waals surface area contributed by atoms with Gasteiger partial charge in [-0.25, -0.2) is 4.79 Å². The second-order valence-electron chi connectivity index (χ2n) is 5.71. The maximum absolute atomic E-state index is 12.1. The second kappa shape index (κ2) is 6.46. The molecular weight excluding hydrogens is 276 g/mol. The van der Waals surface area contributed by atoms with E-state index in [0.29, 0.717) is 16.6 Å². The number of halogens is 1. The van der Waals surface area contributed by atoms with Crippen molar-refractivity contribution >= 4 is 23.3 Å². The predicted molar refractivity (Wildman–Crippen MR) is 81.1 cm³/mol. The van der Waals surface area contributed by atoms with Gasteiger partial charge in [0.05, 0.1) is 12.1 Å². The average Bonchev–Trinajstić information content (AvgIpc) is 2.41. The first-order valence-corrected chi connectivity index (χ1v) is 7.36. The highest BCUT2D eigenvalue weighted by Crippen LogP contribution is 2.31. The largest absolute Gasteiger partial charge is 0.394 e. The van der Waals surface area contributed by atoms with Crippen molar-refractivity contribution < 1.29 is 9.90 Å². The van der Waals surface area contributed by atoms with Crippen molar-refractivity contribution in [1.29, 1.82) is 0 Å². The first-order valence-electron chi connectivity index (χ1n) is 6.99. The molecule has 0 aliphatic heterocycles. The van der Waals surface area contributed by atoms with Crippen LogP contribution >= 0.6 is 11.6 Å². The molecule has 4 nitrogen and oxygen atoms in total. The highest BCUT2D eigenvalue weighted by Gasteiger charge is 2.35. The number of nitrogens with one attached hydrogen (secondary N) is 2. The Morgan fingerprint density at radius 1 is 1.45 bits per heavy atom. The first kappa shape index (κ1) is 15.1.